The smallest absolute Gasteiger partial charge is 0.294 e. The molecule has 1 amide bonds. The normalized spacial score (nSPS) is 10.5. The summed E-state index contributed by atoms with van der Waals surface area (Å²) in [5, 5.41) is 16.0. The predicted octanol–water partition coefficient (Wildman–Crippen LogP) is 3.91. The van der Waals surface area contributed by atoms with Crippen LogP contribution in [-0.2, 0) is 4.79 Å². The van der Waals surface area contributed by atoms with Gasteiger partial charge in [-0.25, -0.2) is 4.39 Å². The topological polar surface area (TPSA) is 84.3 Å². The minimum absolute atomic E-state index is 0.0993. The number of nitrogens with zero attached hydrogens (tertiary/aromatic N) is 1. The number of nitro groups is 1. The molecule has 9 heteroatoms. The van der Waals surface area contributed by atoms with E-state index in [4.69, 9.17) is 23.8 Å². The fraction of sp³-hybridized carbons (Fsp3) is 0. The summed E-state index contributed by atoms with van der Waals surface area (Å²) in [6.07, 6.45) is 2.68. The Kier molecular flexibility index (Phi) is 6.15. The Labute approximate surface area is 152 Å². The molecule has 2 aromatic rings. The van der Waals surface area contributed by atoms with Crippen molar-refractivity contribution in [3.05, 3.63) is 75.1 Å². The van der Waals surface area contributed by atoms with E-state index in [1.165, 1.54) is 54.6 Å². The van der Waals surface area contributed by atoms with Crippen molar-refractivity contribution in [1.29, 1.82) is 0 Å². The van der Waals surface area contributed by atoms with Crippen molar-refractivity contribution in [2.75, 3.05) is 5.32 Å². The standard InChI is InChI=1S/C16H11ClFN3O3S/c17-11-4-7-13(14(9-11)21(23)24)19-16(25)20-15(22)8-3-10-1-5-12(18)6-2-10/h1-9H,(H2,19,20,22,25)/b8-3+. The van der Waals surface area contributed by atoms with Gasteiger partial charge in [0.2, 0.25) is 5.91 Å². The molecule has 0 fully saturated rings. The summed E-state index contributed by atoms with van der Waals surface area (Å²) in [7, 11) is 0. The Morgan fingerprint density at radius 2 is 1.92 bits per heavy atom. The van der Waals surface area contributed by atoms with Gasteiger partial charge in [0, 0.05) is 17.2 Å². The van der Waals surface area contributed by atoms with E-state index in [1.54, 1.807) is 0 Å². The number of rotatable bonds is 4. The van der Waals surface area contributed by atoms with E-state index < -0.39 is 10.8 Å². The molecule has 0 saturated heterocycles. The number of anilines is 1. The zero-order valence-electron chi connectivity index (χ0n) is 12.5. The van der Waals surface area contributed by atoms with Crippen LogP contribution in [0, 0.1) is 15.9 Å². The molecular weight excluding hydrogens is 369 g/mol. The highest BCUT2D eigenvalue weighted by Gasteiger charge is 2.15. The number of hydrogen-bond donors (Lipinski definition) is 2. The zero-order valence-corrected chi connectivity index (χ0v) is 14.1. The molecule has 128 valence electrons. The third kappa shape index (κ3) is 5.63. The highest BCUT2D eigenvalue weighted by molar-refractivity contribution is 7.80. The van der Waals surface area contributed by atoms with Crippen LogP contribution in [0.1, 0.15) is 5.56 Å². The zero-order chi connectivity index (χ0) is 18.4. The summed E-state index contributed by atoms with van der Waals surface area (Å²) in [6, 6.07) is 9.55. The Morgan fingerprint density at radius 1 is 1.24 bits per heavy atom. The van der Waals surface area contributed by atoms with E-state index in [2.05, 4.69) is 10.6 Å². The number of amides is 1. The molecule has 0 atom stereocenters. The number of benzene rings is 2. The minimum Gasteiger partial charge on any atom is -0.327 e. The second kappa shape index (κ2) is 8.32. The van der Waals surface area contributed by atoms with E-state index in [0.29, 0.717) is 5.56 Å². The number of nitrogens with one attached hydrogen (secondary N) is 2. The lowest BCUT2D eigenvalue weighted by Gasteiger charge is -2.08. The lowest BCUT2D eigenvalue weighted by atomic mass is 10.2. The van der Waals surface area contributed by atoms with Crippen molar-refractivity contribution in [1.82, 2.24) is 5.32 Å². The van der Waals surface area contributed by atoms with Crippen molar-refractivity contribution in [2.45, 2.75) is 0 Å². The quantitative estimate of drug-likeness (QED) is 0.364. The van der Waals surface area contributed by atoms with E-state index in [9.17, 15) is 19.3 Å². The second-order valence-corrected chi connectivity index (χ2v) is 5.59. The molecule has 2 rings (SSSR count). The maximum atomic E-state index is 12.8. The van der Waals surface area contributed by atoms with Crippen LogP contribution >= 0.6 is 23.8 Å². The van der Waals surface area contributed by atoms with Crippen molar-refractivity contribution in [3.8, 4) is 0 Å². The van der Waals surface area contributed by atoms with Crippen LogP contribution < -0.4 is 10.6 Å². The van der Waals surface area contributed by atoms with Crippen LogP contribution in [0.2, 0.25) is 5.02 Å². The van der Waals surface area contributed by atoms with Crippen molar-refractivity contribution < 1.29 is 14.1 Å². The molecule has 2 N–H and O–H groups in total. The van der Waals surface area contributed by atoms with Gasteiger partial charge in [-0.2, -0.15) is 0 Å². The maximum Gasteiger partial charge on any atom is 0.294 e. The molecule has 0 unspecified atom stereocenters. The van der Waals surface area contributed by atoms with E-state index in [1.807, 2.05) is 0 Å². The van der Waals surface area contributed by atoms with Crippen LogP contribution in [-0.4, -0.2) is 15.9 Å². The number of thiocarbonyl (C=S) groups is 1. The molecule has 2 aromatic carbocycles. The van der Waals surface area contributed by atoms with Crippen LogP contribution in [0.5, 0.6) is 0 Å². The third-order valence-electron chi connectivity index (χ3n) is 2.94. The molecule has 0 aliphatic carbocycles. The van der Waals surface area contributed by atoms with Gasteiger partial charge in [-0.1, -0.05) is 23.7 Å². The molecule has 6 nitrogen and oxygen atoms in total. The minimum atomic E-state index is -0.618. The summed E-state index contributed by atoms with van der Waals surface area (Å²) in [6.45, 7) is 0. The summed E-state index contributed by atoms with van der Waals surface area (Å²) < 4.78 is 12.8. The maximum absolute atomic E-state index is 12.8. The first-order chi connectivity index (χ1) is 11.8. The molecule has 0 spiro atoms. The molecule has 0 aliphatic heterocycles. The van der Waals surface area contributed by atoms with Crippen LogP contribution in [0.15, 0.2) is 48.5 Å². The monoisotopic (exact) mass is 379 g/mol. The Hall–Kier alpha value is -2.84. The summed E-state index contributed by atoms with van der Waals surface area (Å²) in [5.41, 5.74) is 0.455. The molecular formula is C16H11ClFN3O3S. The van der Waals surface area contributed by atoms with Crippen molar-refractivity contribution in [3.63, 3.8) is 0 Å². The van der Waals surface area contributed by atoms with Crippen LogP contribution in [0.3, 0.4) is 0 Å². The number of carbonyl (C=O) groups excluding carboxylic acids is 1. The van der Waals surface area contributed by atoms with Crippen molar-refractivity contribution >= 4 is 52.3 Å². The van der Waals surface area contributed by atoms with Gasteiger partial charge in [-0.05, 0) is 48.1 Å². The highest BCUT2D eigenvalue weighted by Crippen LogP contribution is 2.27. The van der Waals surface area contributed by atoms with Gasteiger partial charge in [-0.3, -0.25) is 20.2 Å². The summed E-state index contributed by atoms with van der Waals surface area (Å²) in [5.74, 6) is -0.921. The first-order valence-corrected chi connectivity index (χ1v) is 7.63. The molecule has 0 heterocycles. The van der Waals surface area contributed by atoms with Gasteiger partial charge < -0.3 is 5.32 Å². The first-order valence-electron chi connectivity index (χ1n) is 6.85. The second-order valence-electron chi connectivity index (χ2n) is 4.75. The largest absolute Gasteiger partial charge is 0.327 e. The Morgan fingerprint density at radius 3 is 2.56 bits per heavy atom. The lowest BCUT2D eigenvalue weighted by Crippen LogP contribution is -2.33. The lowest BCUT2D eigenvalue weighted by molar-refractivity contribution is -0.383. The van der Waals surface area contributed by atoms with Gasteiger partial charge in [0.25, 0.3) is 5.69 Å². The molecule has 0 bridgehead atoms. The SMILES string of the molecule is O=C(/C=C/c1ccc(F)cc1)NC(=S)Nc1ccc(Cl)cc1[N+](=O)[O-]. The fourth-order valence-electron chi connectivity index (χ4n) is 1.81. The molecule has 0 saturated carbocycles. The van der Waals surface area contributed by atoms with Crippen LogP contribution in [0.25, 0.3) is 6.08 Å². The molecule has 25 heavy (non-hydrogen) atoms. The van der Waals surface area contributed by atoms with Crippen molar-refractivity contribution in [2.24, 2.45) is 0 Å². The molecule has 0 radical (unpaired) electrons. The third-order valence-corrected chi connectivity index (χ3v) is 3.38. The average molecular weight is 380 g/mol. The number of hydrogen-bond acceptors (Lipinski definition) is 4. The fourth-order valence-corrected chi connectivity index (χ4v) is 2.19. The Bertz CT molecular complexity index is 856. The van der Waals surface area contributed by atoms with E-state index in [0.717, 1.165) is 0 Å². The predicted molar refractivity (Wildman–Crippen MR) is 97.9 cm³/mol. The van der Waals surface area contributed by atoms with Gasteiger partial charge in [0.05, 0.1) is 4.92 Å². The highest BCUT2D eigenvalue weighted by atomic mass is 35.5. The summed E-state index contributed by atoms with van der Waals surface area (Å²) in [4.78, 5) is 22.2. The van der Waals surface area contributed by atoms with E-state index >= 15 is 0 Å². The number of halogens is 2. The van der Waals surface area contributed by atoms with Gasteiger partial charge >= 0.3 is 0 Å². The van der Waals surface area contributed by atoms with E-state index in [-0.39, 0.29) is 27.3 Å². The van der Waals surface area contributed by atoms with Gasteiger partial charge in [-0.15, -0.1) is 0 Å². The molecule has 0 aliphatic rings. The van der Waals surface area contributed by atoms with Gasteiger partial charge in [0.1, 0.15) is 11.5 Å². The first kappa shape index (κ1) is 18.5. The number of carbonyl (C=O) groups is 1. The molecule has 0 aromatic heterocycles. The van der Waals surface area contributed by atoms with Crippen LogP contribution in [0.4, 0.5) is 15.8 Å². The average Bonchev–Trinajstić information content (AvgIpc) is 2.55. The Balaban J connectivity index is 1.99. The summed E-state index contributed by atoms with van der Waals surface area (Å²) >= 11 is 10.7. The van der Waals surface area contributed by atoms with Gasteiger partial charge in [0.15, 0.2) is 5.11 Å². The number of nitro benzene ring substituents is 1.